The van der Waals surface area contributed by atoms with Crippen LogP contribution in [0.1, 0.15) is 34.3 Å². The fraction of sp³-hybridized carbons (Fsp3) is 0.375. The number of hydrogen-bond donors (Lipinski definition) is 0. The van der Waals surface area contributed by atoms with Crippen molar-refractivity contribution in [3.63, 3.8) is 0 Å². The molecule has 1 aromatic heterocycles. The van der Waals surface area contributed by atoms with Crippen LogP contribution in [0.3, 0.4) is 0 Å². The zero-order valence-corrected chi connectivity index (χ0v) is 15.0. The number of esters is 1. The molecule has 1 aromatic carbocycles. The third kappa shape index (κ3) is 3.85. The van der Waals surface area contributed by atoms with Crippen LogP contribution in [0.15, 0.2) is 21.1 Å². The second-order valence-electron chi connectivity index (χ2n) is 4.80. The van der Waals surface area contributed by atoms with E-state index in [0.29, 0.717) is 39.6 Å². The molecule has 2 rings (SSSR count). The molecule has 0 atom stereocenters. The van der Waals surface area contributed by atoms with E-state index in [1.54, 1.807) is 26.0 Å². The maximum Gasteiger partial charge on any atom is 0.338 e. The van der Waals surface area contributed by atoms with Crippen molar-refractivity contribution < 1.29 is 23.5 Å². The van der Waals surface area contributed by atoms with E-state index in [-0.39, 0.29) is 6.61 Å². The molecule has 0 radical (unpaired) electrons. The van der Waals surface area contributed by atoms with Crippen molar-refractivity contribution >= 4 is 21.9 Å². The van der Waals surface area contributed by atoms with Crippen LogP contribution in [0, 0.1) is 13.8 Å². The van der Waals surface area contributed by atoms with E-state index in [1.165, 1.54) is 7.11 Å². The Morgan fingerprint density at radius 1 is 1.35 bits per heavy atom. The normalized spacial score (nSPS) is 10.5. The quantitative estimate of drug-likeness (QED) is 0.706. The maximum absolute atomic E-state index is 12.3. The van der Waals surface area contributed by atoms with Gasteiger partial charge >= 0.3 is 5.97 Å². The van der Waals surface area contributed by atoms with Gasteiger partial charge in [0.2, 0.25) is 0 Å². The molecule has 0 unspecified atom stereocenters. The minimum absolute atomic E-state index is 0.105. The molecular weight excluding hydrogens is 366 g/mol. The maximum atomic E-state index is 12.3. The van der Waals surface area contributed by atoms with Crippen LogP contribution in [0.25, 0.3) is 0 Å². The van der Waals surface area contributed by atoms with Gasteiger partial charge in [-0.1, -0.05) is 5.16 Å². The van der Waals surface area contributed by atoms with Crippen LogP contribution in [-0.4, -0.2) is 24.8 Å². The molecule has 0 spiro atoms. The number of ether oxygens (including phenoxy) is 3. The summed E-state index contributed by atoms with van der Waals surface area (Å²) in [7, 11) is 1.54. The zero-order chi connectivity index (χ0) is 17.0. The smallest absolute Gasteiger partial charge is 0.338 e. The number of carbonyl (C=O) groups excluding carboxylic acids is 1. The molecule has 0 amide bonds. The molecule has 0 saturated carbocycles. The number of nitrogens with zero attached hydrogens (tertiary/aromatic N) is 1. The fourth-order valence-electron chi connectivity index (χ4n) is 2.08. The van der Waals surface area contributed by atoms with Crippen LogP contribution >= 0.6 is 15.9 Å². The number of carbonyl (C=O) groups is 1. The highest BCUT2D eigenvalue weighted by molar-refractivity contribution is 9.10. The molecule has 6 nitrogen and oxygen atoms in total. The molecule has 2 aromatic rings. The van der Waals surface area contributed by atoms with E-state index in [4.69, 9.17) is 18.7 Å². The van der Waals surface area contributed by atoms with E-state index in [1.807, 2.05) is 6.92 Å². The van der Waals surface area contributed by atoms with Gasteiger partial charge in [-0.15, -0.1) is 0 Å². The van der Waals surface area contributed by atoms with Gasteiger partial charge in [-0.25, -0.2) is 4.79 Å². The Balaban J connectivity index is 2.19. The molecule has 7 heteroatoms. The lowest BCUT2D eigenvalue weighted by molar-refractivity contribution is 0.0470. The summed E-state index contributed by atoms with van der Waals surface area (Å²) in [4.78, 5) is 12.3. The average molecular weight is 384 g/mol. The molecule has 1 heterocycles. The van der Waals surface area contributed by atoms with E-state index in [2.05, 4.69) is 21.1 Å². The van der Waals surface area contributed by atoms with Gasteiger partial charge in [0.1, 0.15) is 12.4 Å². The average Bonchev–Trinajstić information content (AvgIpc) is 2.83. The summed E-state index contributed by atoms with van der Waals surface area (Å²) in [5.74, 6) is 1.19. The number of rotatable bonds is 6. The van der Waals surface area contributed by atoms with Crippen LogP contribution in [0.5, 0.6) is 11.5 Å². The minimum atomic E-state index is -0.464. The van der Waals surface area contributed by atoms with Crippen LogP contribution < -0.4 is 9.47 Å². The summed E-state index contributed by atoms with van der Waals surface area (Å²) >= 11 is 3.37. The predicted molar refractivity (Wildman–Crippen MR) is 87.0 cm³/mol. The number of aromatic nitrogens is 1. The van der Waals surface area contributed by atoms with Crippen LogP contribution in [-0.2, 0) is 11.3 Å². The first-order valence-corrected chi connectivity index (χ1v) is 7.86. The van der Waals surface area contributed by atoms with Gasteiger partial charge in [0, 0.05) is 0 Å². The van der Waals surface area contributed by atoms with Crippen molar-refractivity contribution in [2.45, 2.75) is 27.4 Å². The summed E-state index contributed by atoms with van der Waals surface area (Å²) in [5, 5.41) is 3.83. The molecule has 0 saturated heterocycles. The number of methoxy groups -OCH3 is 1. The first-order valence-electron chi connectivity index (χ1n) is 7.07. The van der Waals surface area contributed by atoms with E-state index in [0.717, 1.165) is 5.56 Å². The first kappa shape index (κ1) is 17.3. The summed E-state index contributed by atoms with van der Waals surface area (Å²) < 4.78 is 21.8. The SMILES string of the molecule is CCOc1cc(C(=O)OCc2c(C)noc2C)cc(Br)c1OC. The standard InChI is InChI=1S/C16H18BrNO5/c1-5-21-14-7-11(6-13(17)15(14)20-4)16(19)22-8-12-9(2)18-23-10(12)3/h6-7H,5,8H2,1-4H3. The highest BCUT2D eigenvalue weighted by Crippen LogP contribution is 2.36. The van der Waals surface area contributed by atoms with E-state index < -0.39 is 5.97 Å². The molecule has 0 aliphatic heterocycles. The fourth-order valence-corrected chi connectivity index (χ4v) is 2.68. The Morgan fingerprint density at radius 2 is 2.09 bits per heavy atom. The molecule has 0 bridgehead atoms. The number of benzene rings is 1. The summed E-state index contributed by atoms with van der Waals surface area (Å²) in [6.45, 7) is 6.00. The Labute approximate surface area is 142 Å². The highest BCUT2D eigenvalue weighted by Gasteiger charge is 2.18. The Morgan fingerprint density at radius 3 is 2.65 bits per heavy atom. The van der Waals surface area contributed by atoms with Gasteiger partial charge in [0.25, 0.3) is 0 Å². The lowest BCUT2D eigenvalue weighted by Crippen LogP contribution is -2.07. The topological polar surface area (TPSA) is 70.8 Å². The number of aryl methyl sites for hydroxylation is 2. The van der Waals surface area contributed by atoms with Gasteiger partial charge in [-0.3, -0.25) is 0 Å². The third-order valence-corrected chi connectivity index (χ3v) is 3.87. The molecule has 23 heavy (non-hydrogen) atoms. The molecule has 0 aliphatic carbocycles. The van der Waals surface area contributed by atoms with E-state index >= 15 is 0 Å². The highest BCUT2D eigenvalue weighted by atomic mass is 79.9. The predicted octanol–water partition coefficient (Wildman–Crippen LogP) is 3.82. The first-order chi connectivity index (χ1) is 11.0. The van der Waals surface area contributed by atoms with Crippen molar-refractivity contribution in [3.05, 3.63) is 39.2 Å². The lowest BCUT2D eigenvalue weighted by Gasteiger charge is -2.13. The minimum Gasteiger partial charge on any atom is -0.492 e. The summed E-state index contributed by atoms with van der Waals surface area (Å²) in [6, 6.07) is 3.24. The van der Waals surface area contributed by atoms with Gasteiger partial charge in [-0.2, -0.15) is 0 Å². The number of hydrogen-bond acceptors (Lipinski definition) is 6. The third-order valence-electron chi connectivity index (χ3n) is 3.28. The van der Waals surface area contributed by atoms with Crippen molar-refractivity contribution in [1.29, 1.82) is 0 Å². The van der Waals surface area contributed by atoms with Crippen molar-refractivity contribution in [3.8, 4) is 11.5 Å². The Kier molecular flexibility index (Phi) is 5.65. The van der Waals surface area contributed by atoms with Crippen molar-refractivity contribution in [2.24, 2.45) is 0 Å². The largest absolute Gasteiger partial charge is 0.492 e. The monoisotopic (exact) mass is 383 g/mol. The molecule has 124 valence electrons. The second kappa shape index (κ2) is 7.50. The summed E-state index contributed by atoms with van der Waals surface area (Å²) in [6.07, 6.45) is 0. The lowest BCUT2D eigenvalue weighted by atomic mass is 10.2. The zero-order valence-electron chi connectivity index (χ0n) is 13.4. The van der Waals surface area contributed by atoms with Gasteiger partial charge in [0.05, 0.1) is 35.0 Å². The second-order valence-corrected chi connectivity index (χ2v) is 5.66. The number of halogens is 1. The molecule has 0 fully saturated rings. The van der Waals surface area contributed by atoms with Crippen LogP contribution in [0.4, 0.5) is 0 Å². The Bertz CT molecular complexity index is 691. The summed E-state index contributed by atoms with van der Waals surface area (Å²) in [5.41, 5.74) is 1.85. The molecule has 0 N–H and O–H groups in total. The van der Waals surface area contributed by atoms with Gasteiger partial charge in [0.15, 0.2) is 11.5 Å². The molecular formula is C16H18BrNO5. The molecule has 0 aliphatic rings. The van der Waals surface area contributed by atoms with Crippen LogP contribution in [0.2, 0.25) is 0 Å². The van der Waals surface area contributed by atoms with Gasteiger partial charge < -0.3 is 18.7 Å². The van der Waals surface area contributed by atoms with E-state index in [9.17, 15) is 4.79 Å². The van der Waals surface area contributed by atoms with Gasteiger partial charge in [-0.05, 0) is 48.8 Å². The Hall–Kier alpha value is -2.02. The van der Waals surface area contributed by atoms with Crippen molar-refractivity contribution in [2.75, 3.05) is 13.7 Å². The van der Waals surface area contributed by atoms with Crippen molar-refractivity contribution in [1.82, 2.24) is 5.16 Å².